The van der Waals surface area contributed by atoms with E-state index in [1.54, 1.807) is 0 Å². The van der Waals surface area contributed by atoms with Crippen LogP contribution in [0.15, 0.2) is 0 Å². The lowest BCUT2D eigenvalue weighted by molar-refractivity contribution is -0.888. The minimum absolute atomic E-state index is 0.135. The molecule has 134 valence electrons. The van der Waals surface area contributed by atoms with Crippen LogP contribution in [0, 0.1) is 5.41 Å². The van der Waals surface area contributed by atoms with Crippen molar-refractivity contribution < 1.29 is 18.8 Å². The van der Waals surface area contributed by atoms with Crippen LogP contribution in [0.4, 0.5) is 0 Å². The van der Waals surface area contributed by atoms with E-state index in [-0.39, 0.29) is 17.9 Å². The Kier molecular flexibility index (Phi) is 7.05. The summed E-state index contributed by atoms with van der Waals surface area (Å²) in [4.78, 5) is 26.4. The Morgan fingerprint density at radius 1 is 1.35 bits per heavy atom. The van der Waals surface area contributed by atoms with Crippen LogP contribution in [0.2, 0.25) is 0 Å². The van der Waals surface area contributed by atoms with Crippen LogP contribution in [0.25, 0.3) is 0 Å². The van der Waals surface area contributed by atoms with E-state index in [0.29, 0.717) is 19.4 Å². The Morgan fingerprint density at radius 2 is 2.00 bits per heavy atom. The van der Waals surface area contributed by atoms with Crippen LogP contribution in [0.3, 0.4) is 0 Å². The zero-order chi connectivity index (χ0) is 17.7. The fraction of sp³-hybridized carbons (Fsp3) is 0.889. The highest BCUT2D eigenvalue weighted by Crippen LogP contribution is 2.30. The fourth-order valence-corrected chi connectivity index (χ4v) is 2.94. The second-order valence-electron chi connectivity index (χ2n) is 7.95. The standard InChI is InChI=1S/C18H35N2O3/c1-7-15(19-11-9-10-16(19)21)14-18(3,4)17(22)23-13-12-20(5,6)8-2/h15H,7-14H2,1-6H3/q+1. The maximum atomic E-state index is 12.5. The number of ether oxygens (including phenoxy) is 1. The lowest BCUT2D eigenvalue weighted by Crippen LogP contribution is -2.44. The van der Waals surface area contributed by atoms with Crippen LogP contribution in [-0.2, 0) is 14.3 Å². The summed E-state index contributed by atoms with van der Waals surface area (Å²) in [6.45, 7) is 11.2. The predicted molar refractivity (Wildman–Crippen MR) is 91.9 cm³/mol. The molecule has 0 aromatic carbocycles. The van der Waals surface area contributed by atoms with E-state index in [0.717, 1.165) is 37.0 Å². The van der Waals surface area contributed by atoms with Crippen molar-refractivity contribution in [3.63, 3.8) is 0 Å². The number of likely N-dealkylation sites (tertiary alicyclic amines) is 1. The van der Waals surface area contributed by atoms with E-state index in [2.05, 4.69) is 27.9 Å². The number of rotatable bonds is 9. The molecule has 1 unspecified atom stereocenters. The second-order valence-corrected chi connectivity index (χ2v) is 7.95. The van der Waals surface area contributed by atoms with Gasteiger partial charge in [0.15, 0.2) is 0 Å². The first-order valence-corrected chi connectivity index (χ1v) is 8.91. The van der Waals surface area contributed by atoms with Gasteiger partial charge < -0.3 is 14.1 Å². The first-order valence-electron chi connectivity index (χ1n) is 8.91. The van der Waals surface area contributed by atoms with Gasteiger partial charge in [0.1, 0.15) is 13.2 Å². The van der Waals surface area contributed by atoms with Crippen LogP contribution in [-0.4, -0.2) is 67.6 Å². The van der Waals surface area contributed by atoms with E-state index < -0.39 is 5.41 Å². The number of amides is 1. The molecule has 5 nitrogen and oxygen atoms in total. The van der Waals surface area contributed by atoms with E-state index in [4.69, 9.17) is 4.74 Å². The molecule has 0 radical (unpaired) electrons. The van der Waals surface area contributed by atoms with E-state index >= 15 is 0 Å². The summed E-state index contributed by atoms with van der Waals surface area (Å²) in [5, 5.41) is 0. The lowest BCUT2D eigenvalue weighted by Gasteiger charge is -2.33. The molecule has 1 amide bonds. The van der Waals surface area contributed by atoms with Gasteiger partial charge in [-0.1, -0.05) is 6.92 Å². The van der Waals surface area contributed by atoms with Crippen molar-refractivity contribution in [2.45, 2.75) is 59.4 Å². The van der Waals surface area contributed by atoms with Gasteiger partial charge in [-0.3, -0.25) is 9.59 Å². The molecular weight excluding hydrogens is 292 g/mol. The van der Waals surface area contributed by atoms with Crippen molar-refractivity contribution in [3.8, 4) is 0 Å². The summed E-state index contributed by atoms with van der Waals surface area (Å²) in [6.07, 6.45) is 3.12. The Labute approximate surface area is 141 Å². The summed E-state index contributed by atoms with van der Waals surface area (Å²) in [5.41, 5.74) is -0.563. The average molecular weight is 327 g/mol. The predicted octanol–water partition coefficient (Wildman–Crippen LogP) is 2.44. The molecule has 23 heavy (non-hydrogen) atoms. The summed E-state index contributed by atoms with van der Waals surface area (Å²) in [5.74, 6) is 0.0710. The molecule has 1 aliphatic heterocycles. The molecule has 5 heteroatoms. The maximum absolute atomic E-state index is 12.5. The van der Waals surface area contributed by atoms with Gasteiger partial charge in [0, 0.05) is 19.0 Å². The number of likely N-dealkylation sites (N-methyl/N-ethyl adjacent to an activating group) is 1. The molecule has 0 saturated carbocycles. The summed E-state index contributed by atoms with van der Waals surface area (Å²) in [7, 11) is 4.26. The molecule has 0 aromatic rings. The molecule has 1 saturated heterocycles. The summed E-state index contributed by atoms with van der Waals surface area (Å²) in [6, 6.07) is 0.135. The van der Waals surface area contributed by atoms with E-state index in [9.17, 15) is 9.59 Å². The molecule has 0 spiro atoms. The van der Waals surface area contributed by atoms with Crippen molar-refractivity contribution in [1.82, 2.24) is 4.90 Å². The lowest BCUT2D eigenvalue weighted by atomic mass is 9.84. The van der Waals surface area contributed by atoms with Crippen molar-refractivity contribution in [3.05, 3.63) is 0 Å². The minimum Gasteiger partial charge on any atom is -0.459 e. The number of carbonyl (C=O) groups is 2. The number of hydrogen-bond donors (Lipinski definition) is 0. The van der Waals surface area contributed by atoms with Crippen LogP contribution >= 0.6 is 0 Å². The first kappa shape index (κ1) is 19.9. The van der Waals surface area contributed by atoms with E-state index in [1.165, 1.54) is 0 Å². The smallest absolute Gasteiger partial charge is 0.311 e. The zero-order valence-corrected chi connectivity index (χ0v) is 15.9. The summed E-state index contributed by atoms with van der Waals surface area (Å²) >= 11 is 0. The van der Waals surface area contributed by atoms with Crippen molar-refractivity contribution in [1.29, 1.82) is 0 Å². The number of carbonyl (C=O) groups excluding carboxylic acids is 2. The Morgan fingerprint density at radius 3 is 2.48 bits per heavy atom. The second kappa shape index (κ2) is 8.13. The third kappa shape index (κ3) is 5.79. The molecule has 1 atom stereocenters. The highest BCUT2D eigenvalue weighted by Gasteiger charge is 2.36. The van der Waals surface area contributed by atoms with Gasteiger partial charge in [0.2, 0.25) is 5.91 Å². The fourth-order valence-electron chi connectivity index (χ4n) is 2.94. The van der Waals surface area contributed by atoms with Gasteiger partial charge in [0.05, 0.1) is 26.1 Å². The van der Waals surface area contributed by atoms with Gasteiger partial charge in [-0.15, -0.1) is 0 Å². The molecule has 1 fully saturated rings. The van der Waals surface area contributed by atoms with Crippen LogP contribution in [0.1, 0.15) is 53.4 Å². The first-order chi connectivity index (χ1) is 10.6. The number of hydrogen-bond acceptors (Lipinski definition) is 3. The normalized spacial score (nSPS) is 17.5. The molecule has 0 bridgehead atoms. The van der Waals surface area contributed by atoms with Gasteiger partial charge >= 0.3 is 5.97 Å². The van der Waals surface area contributed by atoms with Crippen molar-refractivity contribution in [2.24, 2.45) is 5.41 Å². The van der Waals surface area contributed by atoms with E-state index in [1.807, 2.05) is 18.7 Å². The number of nitrogens with zero attached hydrogens (tertiary/aromatic N) is 2. The van der Waals surface area contributed by atoms with Crippen LogP contribution in [0.5, 0.6) is 0 Å². The quantitative estimate of drug-likeness (QED) is 0.483. The van der Waals surface area contributed by atoms with Crippen LogP contribution < -0.4 is 0 Å². The molecule has 1 aliphatic rings. The highest BCUT2D eigenvalue weighted by atomic mass is 16.5. The monoisotopic (exact) mass is 327 g/mol. The maximum Gasteiger partial charge on any atom is 0.311 e. The van der Waals surface area contributed by atoms with Crippen molar-refractivity contribution >= 4 is 11.9 Å². The van der Waals surface area contributed by atoms with Gasteiger partial charge in [-0.05, 0) is 40.0 Å². The Balaban J connectivity index is 2.55. The topological polar surface area (TPSA) is 46.6 Å². The molecular formula is C18H35N2O3+. The molecule has 0 N–H and O–H groups in total. The third-order valence-electron chi connectivity index (χ3n) is 5.11. The third-order valence-corrected chi connectivity index (χ3v) is 5.11. The molecule has 0 aromatic heterocycles. The van der Waals surface area contributed by atoms with Gasteiger partial charge in [-0.25, -0.2) is 0 Å². The zero-order valence-electron chi connectivity index (χ0n) is 15.9. The Bertz CT molecular complexity index is 418. The minimum atomic E-state index is -0.563. The SMILES string of the molecule is CCC(CC(C)(C)C(=O)OCC[N+](C)(C)CC)N1CCCC1=O. The van der Waals surface area contributed by atoms with Gasteiger partial charge in [0.25, 0.3) is 0 Å². The molecule has 1 rings (SSSR count). The number of esters is 1. The average Bonchev–Trinajstić information content (AvgIpc) is 2.90. The molecule has 0 aliphatic carbocycles. The number of quaternary nitrogens is 1. The van der Waals surface area contributed by atoms with Gasteiger partial charge in [-0.2, -0.15) is 0 Å². The van der Waals surface area contributed by atoms with Crippen molar-refractivity contribution in [2.75, 3.05) is 40.3 Å². The highest BCUT2D eigenvalue weighted by molar-refractivity contribution is 5.79. The molecule has 1 heterocycles. The largest absolute Gasteiger partial charge is 0.459 e. The Hall–Kier alpha value is -1.10. The summed E-state index contributed by atoms with van der Waals surface area (Å²) < 4.78 is 6.36.